The van der Waals surface area contributed by atoms with Crippen molar-refractivity contribution < 1.29 is 0 Å². The molecular weight excluding hydrogens is 286 g/mol. The number of thiophene rings is 1. The average molecular weight is 303 g/mol. The van der Waals surface area contributed by atoms with Crippen LogP contribution in [0.2, 0.25) is 0 Å². The molecule has 0 bridgehead atoms. The highest BCUT2D eigenvalue weighted by molar-refractivity contribution is 7.17. The lowest BCUT2D eigenvalue weighted by Gasteiger charge is -2.19. The average Bonchev–Trinajstić information content (AvgIpc) is 3.03. The van der Waals surface area contributed by atoms with Crippen LogP contribution in [-0.2, 0) is 6.54 Å². The number of pyridine rings is 1. The molecule has 0 unspecified atom stereocenters. The molecule has 0 aliphatic rings. The fourth-order valence-corrected chi connectivity index (χ4v) is 3.45. The van der Waals surface area contributed by atoms with Crippen molar-refractivity contribution in [2.45, 2.75) is 32.9 Å². The summed E-state index contributed by atoms with van der Waals surface area (Å²) in [6, 6.07) is 4.22. The van der Waals surface area contributed by atoms with Gasteiger partial charge in [0.15, 0.2) is 0 Å². The molecule has 0 spiro atoms. The van der Waals surface area contributed by atoms with Gasteiger partial charge in [-0.3, -0.25) is 4.98 Å². The van der Waals surface area contributed by atoms with Gasteiger partial charge in [0.25, 0.3) is 0 Å². The Morgan fingerprint density at radius 1 is 1.20 bits per heavy atom. The standard InChI is InChI=1S/C15H17N3S2/c1-15(2,3)18-9-11-8-17-14(20-11)10-6-13-12(16-7-10)4-5-19-13/h4-8,18H,9H2,1-3H3. The van der Waals surface area contributed by atoms with Crippen molar-refractivity contribution in [2.24, 2.45) is 0 Å². The molecule has 0 aliphatic carbocycles. The van der Waals surface area contributed by atoms with E-state index in [0.717, 1.165) is 22.6 Å². The summed E-state index contributed by atoms with van der Waals surface area (Å²) < 4.78 is 1.21. The van der Waals surface area contributed by atoms with Crippen molar-refractivity contribution in [1.29, 1.82) is 0 Å². The highest BCUT2D eigenvalue weighted by atomic mass is 32.1. The molecule has 20 heavy (non-hydrogen) atoms. The van der Waals surface area contributed by atoms with Crippen molar-refractivity contribution in [1.82, 2.24) is 15.3 Å². The Morgan fingerprint density at radius 2 is 2.05 bits per heavy atom. The Balaban J connectivity index is 1.82. The minimum Gasteiger partial charge on any atom is -0.307 e. The van der Waals surface area contributed by atoms with Gasteiger partial charge in [0.1, 0.15) is 5.01 Å². The summed E-state index contributed by atoms with van der Waals surface area (Å²) in [5.74, 6) is 0. The van der Waals surface area contributed by atoms with E-state index < -0.39 is 0 Å². The summed E-state index contributed by atoms with van der Waals surface area (Å²) in [5.41, 5.74) is 2.29. The van der Waals surface area contributed by atoms with Gasteiger partial charge in [-0.15, -0.1) is 22.7 Å². The molecule has 0 fully saturated rings. The van der Waals surface area contributed by atoms with Crippen LogP contribution in [-0.4, -0.2) is 15.5 Å². The fraction of sp³-hybridized carbons (Fsp3) is 0.333. The number of fused-ring (bicyclic) bond motifs is 1. The lowest BCUT2D eigenvalue weighted by Crippen LogP contribution is -2.34. The van der Waals surface area contributed by atoms with Crippen molar-refractivity contribution in [3.63, 3.8) is 0 Å². The topological polar surface area (TPSA) is 37.8 Å². The van der Waals surface area contributed by atoms with Crippen molar-refractivity contribution >= 4 is 32.9 Å². The van der Waals surface area contributed by atoms with Crippen molar-refractivity contribution in [2.75, 3.05) is 0 Å². The number of hydrogen-bond donors (Lipinski definition) is 1. The van der Waals surface area contributed by atoms with Gasteiger partial charge < -0.3 is 5.32 Å². The molecule has 0 saturated carbocycles. The Bertz CT molecular complexity index is 722. The Morgan fingerprint density at radius 3 is 2.85 bits per heavy atom. The molecule has 3 aromatic rings. The minimum atomic E-state index is 0.127. The molecule has 3 heterocycles. The van der Waals surface area contributed by atoms with E-state index in [4.69, 9.17) is 0 Å². The Kier molecular flexibility index (Phi) is 3.58. The zero-order valence-corrected chi connectivity index (χ0v) is 13.4. The molecule has 0 atom stereocenters. The van der Waals surface area contributed by atoms with E-state index in [2.05, 4.69) is 47.5 Å². The van der Waals surface area contributed by atoms with E-state index in [1.54, 1.807) is 22.7 Å². The zero-order valence-electron chi connectivity index (χ0n) is 11.8. The second-order valence-electron chi connectivity index (χ2n) is 5.76. The Hall–Kier alpha value is -1.30. The summed E-state index contributed by atoms with van der Waals surface area (Å²) in [7, 11) is 0. The van der Waals surface area contributed by atoms with Gasteiger partial charge in [0, 0.05) is 34.9 Å². The molecule has 0 saturated heterocycles. The third kappa shape index (κ3) is 3.06. The second kappa shape index (κ2) is 5.24. The summed E-state index contributed by atoms with van der Waals surface area (Å²) >= 11 is 3.45. The third-order valence-corrected chi connectivity index (χ3v) is 4.80. The van der Waals surface area contributed by atoms with Crippen LogP contribution in [0.1, 0.15) is 25.6 Å². The van der Waals surface area contributed by atoms with E-state index >= 15 is 0 Å². The summed E-state index contributed by atoms with van der Waals surface area (Å²) in [6.45, 7) is 7.37. The van der Waals surface area contributed by atoms with Crippen LogP contribution < -0.4 is 5.32 Å². The van der Waals surface area contributed by atoms with E-state index in [9.17, 15) is 0 Å². The number of thiazole rings is 1. The highest BCUT2D eigenvalue weighted by Crippen LogP contribution is 2.29. The lowest BCUT2D eigenvalue weighted by molar-refractivity contribution is 0.426. The molecule has 5 heteroatoms. The smallest absolute Gasteiger partial charge is 0.125 e. The normalized spacial score (nSPS) is 12.2. The first kappa shape index (κ1) is 13.7. The predicted octanol–water partition coefficient (Wildman–Crippen LogP) is 4.31. The molecule has 3 aromatic heterocycles. The van der Waals surface area contributed by atoms with Crippen LogP contribution in [0.5, 0.6) is 0 Å². The number of nitrogens with zero attached hydrogens (tertiary/aromatic N) is 2. The first-order chi connectivity index (χ1) is 9.51. The third-order valence-electron chi connectivity index (χ3n) is 2.90. The van der Waals surface area contributed by atoms with E-state index in [1.807, 2.05) is 18.5 Å². The van der Waals surface area contributed by atoms with Crippen LogP contribution in [0.25, 0.3) is 20.8 Å². The van der Waals surface area contributed by atoms with Gasteiger partial charge in [-0.05, 0) is 38.3 Å². The number of aromatic nitrogens is 2. The largest absolute Gasteiger partial charge is 0.307 e. The quantitative estimate of drug-likeness (QED) is 0.783. The summed E-state index contributed by atoms with van der Waals surface area (Å²) in [5, 5.41) is 6.60. The van der Waals surface area contributed by atoms with Crippen LogP contribution in [0.15, 0.2) is 29.9 Å². The predicted molar refractivity (Wildman–Crippen MR) is 87.3 cm³/mol. The SMILES string of the molecule is CC(C)(C)NCc1cnc(-c2cnc3ccsc3c2)s1. The number of hydrogen-bond acceptors (Lipinski definition) is 5. The summed E-state index contributed by atoms with van der Waals surface area (Å²) in [6.07, 6.45) is 3.87. The van der Waals surface area contributed by atoms with E-state index in [0.29, 0.717) is 0 Å². The highest BCUT2D eigenvalue weighted by Gasteiger charge is 2.11. The van der Waals surface area contributed by atoms with Crippen molar-refractivity contribution in [3.8, 4) is 10.6 Å². The van der Waals surface area contributed by atoms with E-state index in [1.165, 1.54) is 9.58 Å². The molecule has 3 nitrogen and oxygen atoms in total. The van der Waals surface area contributed by atoms with Crippen LogP contribution in [0.3, 0.4) is 0 Å². The molecule has 104 valence electrons. The molecule has 0 aromatic carbocycles. The maximum atomic E-state index is 4.52. The molecule has 0 radical (unpaired) electrons. The van der Waals surface area contributed by atoms with E-state index in [-0.39, 0.29) is 5.54 Å². The van der Waals surface area contributed by atoms with Crippen LogP contribution in [0, 0.1) is 0 Å². The van der Waals surface area contributed by atoms with Gasteiger partial charge in [-0.25, -0.2) is 4.98 Å². The second-order valence-corrected chi connectivity index (χ2v) is 7.83. The molecule has 1 N–H and O–H groups in total. The monoisotopic (exact) mass is 303 g/mol. The van der Waals surface area contributed by atoms with Gasteiger partial charge >= 0.3 is 0 Å². The molecular formula is C15H17N3S2. The lowest BCUT2D eigenvalue weighted by atomic mass is 10.1. The number of nitrogens with one attached hydrogen (secondary N) is 1. The minimum absolute atomic E-state index is 0.127. The van der Waals surface area contributed by atoms with Crippen LogP contribution in [0.4, 0.5) is 0 Å². The van der Waals surface area contributed by atoms with Gasteiger partial charge in [-0.1, -0.05) is 0 Å². The fourth-order valence-electron chi connectivity index (χ4n) is 1.84. The molecule has 0 aliphatic heterocycles. The number of rotatable bonds is 3. The van der Waals surface area contributed by atoms with Gasteiger partial charge in [0.05, 0.1) is 10.2 Å². The maximum Gasteiger partial charge on any atom is 0.125 e. The summed E-state index contributed by atoms with van der Waals surface area (Å²) in [4.78, 5) is 10.2. The molecule has 0 amide bonds. The molecule has 3 rings (SSSR count). The zero-order chi connectivity index (χ0) is 14.2. The maximum absolute atomic E-state index is 4.52. The first-order valence-corrected chi connectivity index (χ1v) is 8.24. The van der Waals surface area contributed by atoms with Gasteiger partial charge in [-0.2, -0.15) is 0 Å². The van der Waals surface area contributed by atoms with Crippen LogP contribution >= 0.6 is 22.7 Å². The Labute approximate surface area is 126 Å². The van der Waals surface area contributed by atoms with Gasteiger partial charge in [0.2, 0.25) is 0 Å². The van der Waals surface area contributed by atoms with Crippen molar-refractivity contribution in [3.05, 3.63) is 34.8 Å². The first-order valence-electron chi connectivity index (χ1n) is 6.55.